The Labute approximate surface area is 156 Å². The Balaban J connectivity index is 1.61. The van der Waals surface area contributed by atoms with Gasteiger partial charge in [-0.2, -0.15) is 5.10 Å². The Hall–Kier alpha value is -3.60. The number of aromatic hydroxyl groups is 1. The molecule has 5 heteroatoms. The van der Waals surface area contributed by atoms with Crippen molar-refractivity contribution in [2.45, 2.75) is 12.5 Å². The topological polar surface area (TPSA) is 70.9 Å². The van der Waals surface area contributed by atoms with Crippen LogP contribution in [0.3, 0.4) is 0 Å². The quantitative estimate of drug-likeness (QED) is 0.694. The van der Waals surface area contributed by atoms with E-state index in [0.29, 0.717) is 12.0 Å². The van der Waals surface area contributed by atoms with Gasteiger partial charge in [0.2, 0.25) is 0 Å². The van der Waals surface area contributed by atoms with Crippen molar-refractivity contribution >= 4 is 11.6 Å². The Morgan fingerprint density at radius 1 is 0.963 bits per heavy atom. The molecule has 0 radical (unpaired) electrons. The number of amides is 1. The van der Waals surface area contributed by atoms with Crippen molar-refractivity contribution in [1.82, 2.24) is 5.43 Å². The molecule has 1 aliphatic rings. The van der Waals surface area contributed by atoms with E-state index in [1.165, 1.54) is 12.1 Å². The number of hydrazone groups is 1. The number of phenolic OH excluding ortho intramolecular Hbond substituents is 1. The molecule has 0 aromatic heterocycles. The molecule has 2 N–H and O–H groups in total. The summed E-state index contributed by atoms with van der Waals surface area (Å²) in [6.45, 7) is 0. The lowest BCUT2D eigenvalue weighted by Crippen LogP contribution is -2.25. The van der Waals surface area contributed by atoms with E-state index in [0.717, 1.165) is 22.6 Å². The number of carbonyl (C=O) groups is 1. The molecule has 1 unspecified atom stereocenters. The van der Waals surface area contributed by atoms with Gasteiger partial charge in [-0.15, -0.1) is 0 Å². The minimum Gasteiger partial charge on any atom is -0.508 e. The highest BCUT2D eigenvalue weighted by Gasteiger charge is 2.26. The molecule has 3 aromatic rings. The summed E-state index contributed by atoms with van der Waals surface area (Å²) >= 11 is 0. The summed E-state index contributed by atoms with van der Waals surface area (Å²) in [5.74, 6) is 0.528. The van der Waals surface area contributed by atoms with E-state index < -0.39 is 0 Å². The van der Waals surface area contributed by atoms with Gasteiger partial charge in [-0.3, -0.25) is 4.79 Å². The summed E-state index contributed by atoms with van der Waals surface area (Å²) in [7, 11) is 0. The third-order valence-corrected chi connectivity index (χ3v) is 4.44. The number of benzene rings is 3. The molecule has 0 aliphatic carbocycles. The molecule has 3 aromatic carbocycles. The normalized spacial score (nSPS) is 17.0. The number of ether oxygens (including phenoxy) is 1. The lowest BCUT2D eigenvalue weighted by molar-refractivity contribution is 0.0954. The van der Waals surface area contributed by atoms with Crippen molar-refractivity contribution in [3.8, 4) is 11.5 Å². The fraction of sp³-hybridized carbons (Fsp3) is 0.0909. The fourth-order valence-corrected chi connectivity index (χ4v) is 3.04. The second-order valence-corrected chi connectivity index (χ2v) is 6.26. The predicted molar refractivity (Wildman–Crippen MR) is 103 cm³/mol. The standard InChI is InChI=1S/C22H18N2O3/c25-17-12-10-16(11-13-17)22(26)24-23-19-14-21(15-6-2-1-3-7-15)27-20-9-5-4-8-18(19)20/h1-13,21,25H,14H2,(H,24,26)/b23-19-. The van der Waals surface area contributed by atoms with Gasteiger partial charge in [-0.1, -0.05) is 42.5 Å². The second-order valence-electron chi connectivity index (χ2n) is 6.26. The molecule has 0 saturated heterocycles. The van der Waals surface area contributed by atoms with Crippen LogP contribution in [0.1, 0.15) is 34.0 Å². The first-order chi connectivity index (χ1) is 13.2. The van der Waals surface area contributed by atoms with Gasteiger partial charge in [0, 0.05) is 17.5 Å². The second kappa shape index (κ2) is 7.33. The Kier molecular flexibility index (Phi) is 4.58. The number of para-hydroxylation sites is 1. The first-order valence-corrected chi connectivity index (χ1v) is 8.67. The number of nitrogens with one attached hydrogen (secondary N) is 1. The summed E-state index contributed by atoms with van der Waals surface area (Å²) in [4.78, 5) is 12.3. The molecule has 0 spiro atoms. The minimum atomic E-state index is -0.331. The number of fused-ring (bicyclic) bond motifs is 1. The minimum absolute atomic E-state index is 0.113. The van der Waals surface area contributed by atoms with Gasteiger partial charge in [-0.25, -0.2) is 5.43 Å². The number of nitrogens with zero attached hydrogens (tertiary/aromatic N) is 1. The molecule has 1 heterocycles. The summed E-state index contributed by atoms with van der Waals surface area (Å²) in [6.07, 6.45) is 0.391. The van der Waals surface area contributed by atoms with E-state index in [2.05, 4.69) is 10.5 Å². The molecule has 134 valence electrons. The summed E-state index contributed by atoms with van der Waals surface area (Å²) in [6, 6.07) is 23.7. The van der Waals surface area contributed by atoms with Crippen LogP contribution in [-0.4, -0.2) is 16.7 Å². The molecule has 0 fully saturated rings. The first kappa shape index (κ1) is 16.8. The maximum atomic E-state index is 12.3. The largest absolute Gasteiger partial charge is 0.508 e. The van der Waals surface area contributed by atoms with E-state index in [1.807, 2.05) is 54.6 Å². The smallest absolute Gasteiger partial charge is 0.271 e. The average Bonchev–Trinajstić information content (AvgIpc) is 2.72. The highest BCUT2D eigenvalue weighted by molar-refractivity contribution is 6.05. The van der Waals surface area contributed by atoms with Gasteiger partial charge >= 0.3 is 0 Å². The van der Waals surface area contributed by atoms with Crippen molar-refractivity contribution in [2.24, 2.45) is 5.10 Å². The zero-order chi connectivity index (χ0) is 18.6. The molecular weight excluding hydrogens is 340 g/mol. The molecule has 27 heavy (non-hydrogen) atoms. The van der Waals surface area contributed by atoms with E-state index in [9.17, 15) is 9.90 Å². The Bertz CT molecular complexity index is 982. The fourth-order valence-electron chi connectivity index (χ4n) is 3.04. The van der Waals surface area contributed by atoms with Crippen LogP contribution in [0.4, 0.5) is 0 Å². The molecule has 0 saturated carbocycles. The molecule has 1 atom stereocenters. The van der Waals surface area contributed by atoms with Gasteiger partial charge in [0.05, 0.1) is 5.71 Å². The monoisotopic (exact) mass is 358 g/mol. The highest BCUT2D eigenvalue weighted by atomic mass is 16.5. The summed E-state index contributed by atoms with van der Waals surface area (Å²) in [5, 5.41) is 13.7. The van der Waals surface area contributed by atoms with Crippen molar-refractivity contribution in [3.05, 3.63) is 95.6 Å². The Morgan fingerprint density at radius 3 is 2.44 bits per heavy atom. The van der Waals surface area contributed by atoms with E-state index in [4.69, 9.17) is 4.74 Å². The molecule has 5 nitrogen and oxygen atoms in total. The SMILES string of the molecule is O=C(N/N=C1/CC(c2ccccc2)Oc2ccccc21)c1ccc(O)cc1. The predicted octanol–water partition coefficient (Wildman–Crippen LogP) is 4.05. The zero-order valence-electron chi connectivity index (χ0n) is 14.5. The maximum Gasteiger partial charge on any atom is 0.271 e. The zero-order valence-corrected chi connectivity index (χ0v) is 14.5. The van der Waals surface area contributed by atoms with Crippen LogP contribution in [0.15, 0.2) is 84.0 Å². The highest BCUT2D eigenvalue weighted by Crippen LogP contribution is 2.34. The van der Waals surface area contributed by atoms with Gasteiger partial charge in [-0.05, 0) is 42.0 Å². The van der Waals surface area contributed by atoms with Crippen LogP contribution >= 0.6 is 0 Å². The van der Waals surface area contributed by atoms with Gasteiger partial charge in [0.25, 0.3) is 5.91 Å². The third-order valence-electron chi connectivity index (χ3n) is 4.44. The molecule has 0 bridgehead atoms. The molecule has 1 amide bonds. The number of rotatable bonds is 3. The number of carbonyl (C=O) groups excluding carboxylic acids is 1. The summed E-state index contributed by atoms with van der Waals surface area (Å²) < 4.78 is 6.13. The molecule has 1 aliphatic heterocycles. The summed E-state index contributed by atoms with van der Waals surface area (Å²) in [5.41, 5.74) is 5.73. The third kappa shape index (κ3) is 3.67. The number of hydrogen-bond acceptors (Lipinski definition) is 4. The number of hydrogen-bond donors (Lipinski definition) is 2. The van der Waals surface area contributed by atoms with Crippen LogP contribution in [0.25, 0.3) is 0 Å². The van der Waals surface area contributed by atoms with Crippen molar-refractivity contribution < 1.29 is 14.6 Å². The van der Waals surface area contributed by atoms with E-state index in [1.54, 1.807) is 12.1 Å². The average molecular weight is 358 g/mol. The van der Waals surface area contributed by atoms with Crippen LogP contribution in [0, 0.1) is 0 Å². The maximum absolute atomic E-state index is 12.3. The van der Waals surface area contributed by atoms with Crippen LogP contribution in [0.2, 0.25) is 0 Å². The van der Waals surface area contributed by atoms with E-state index >= 15 is 0 Å². The lowest BCUT2D eigenvalue weighted by Gasteiger charge is -2.27. The van der Waals surface area contributed by atoms with Gasteiger partial charge < -0.3 is 9.84 Å². The van der Waals surface area contributed by atoms with Gasteiger partial charge in [0.1, 0.15) is 17.6 Å². The Morgan fingerprint density at radius 2 is 1.67 bits per heavy atom. The molecule has 4 rings (SSSR count). The van der Waals surface area contributed by atoms with Gasteiger partial charge in [0.15, 0.2) is 0 Å². The van der Waals surface area contributed by atoms with Crippen LogP contribution in [0.5, 0.6) is 11.5 Å². The van der Waals surface area contributed by atoms with Crippen molar-refractivity contribution in [3.63, 3.8) is 0 Å². The lowest BCUT2D eigenvalue weighted by atomic mass is 9.96. The van der Waals surface area contributed by atoms with Crippen molar-refractivity contribution in [2.75, 3.05) is 0 Å². The van der Waals surface area contributed by atoms with Crippen LogP contribution < -0.4 is 10.2 Å². The number of phenols is 1. The van der Waals surface area contributed by atoms with Crippen molar-refractivity contribution in [1.29, 1.82) is 0 Å². The van der Waals surface area contributed by atoms with E-state index in [-0.39, 0.29) is 17.8 Å². The van der Waals surface area contributed by atoms with Crippen LogP contribution in [-0.2, 0) is 0 Å². The molecular formula is C22H18N2O3. The first-order valence-electron chi connectivity index (χ1n) is 8.67.